The van der Waals surface area contributed by atoms with E-state index >= 15 is 0 Å². The van der Waals surface area contributed by atoms with Gasteiger partial charge in [0.1, 0.15) is 5.82 Å². The molecule has 0 aliphatic carbocycles. The molecule has 5 nitrogen and oxygen atoms in total. The Bertz CT molecular complexity index is 682. The molecular formula is C15H15FN2O3. The zero-order chi connectivity index (χ0) is 15.4. The summed E-state index contributed by atoms with van der Waals surface area (Å²) in [7, 11) is 0. The fourth-order valence-electron chi connectivity index (χ4n) is 1.90. The number of amides is 1. The van der Waals surface area contributed by atoms with E-state index in [1.807, 2.05) is 0 Å². The minimum absolute atomic E-state index is 0.205. The number of rotatable bonds is 4. The molecule has 1 aromatic carbocycles. The van der Waals surface area contributed by atoms with Gasteiger partial charge < -0.3 is 15.4 Å². The van der Waals surface area contributed by atoms with Crippen molar-refractivity contribution in [2.75, 3.05) is 0 Å². The van der Waals surface area contributed by atoms with Crippen LogP contribution in [0.15, 0.2) is 47.4 Å². The third-order valence-electron chi connectivity index (χ3n) is 3.08. The van der Waals surface area contributed by atoms with E-state index in [0.717, 1.165) is 0 Å². The Morgan fingerprint density at radius 2 is 1.95 bits per heavy atom. The molecule has 2 aromatic rings. The van der Waals surface area contributed by atoms with Crippen LogP contribution < -0.4 is 10.9 Å². The van der Waals surface area contributed by atoms with Gasteiger partial charge in [0, 0.05) is 17.8 Å². The average molecular weight is 290 g/mol. The molecule has 0 saturated heterocycles. The Morgan fingerprint density at radius 1 is 1.29 bits per heavy atom. The van der Waals surface area contributed by atoms with Crippen molar-refractivity contribution in [3.63, 3.8) is 0 Å². The number of nitrogens with one attached hydrogen (secondary N) is 2. The predicted molar refractivity (Wildman–Crippen MR) is 75.4 cm³/mol. The number of aliphatic hydroxyl groups excluding tert-OH is 1. The molecule has 0 saturated carbocycles. The molecule has 21 heavy (non-hydrogen) atoms. The van der Waals surface area contributed by atoms with Gasteiger partial charge in [-0.2, -0.15) is 0 Å². The van der Waals surface area contributed by atoms with Gasteiger partial charge in [0.15, 0.2) is 0 Å². The number of hydrogen-bond donors (Lipinski definition) is 3. The standard InChI is InChI=1S/C15H15FN2O3/c1-9(14(20)10-2-4-12(16)5-3-10)18-15(21)11-6-7-17-13(19)8-11/h2-9,14,20H,1H3,(H,17,19)(H,18,21). The third-order valence-corrected chi connectivity index (χ3v) is 3.08. The highest BCUT2D eigenvalue weighted by Gasteiger charge is 2.19. The highest BCUT2D eigenvalue weighted by atomic mass is 19.1. The highest BCUT2D eigenvalue weighted by molar-refractivity contribution is 5.94. The lowest BCUT2D eigenvalue weighted by atomic mass is 10.0. The Hall–Kier alpha value is -2.47. The van der Waals surface area contributed by atoms with Crippen LogP contribution in [0.5, 0.6) is 0 Å². The third kappa shape index (κ3) is 3.76. The van der Waals surface area contributed by atoms with Gasteiger partial charge in [0.25, 0.3) is 5.91 Å². The Balaban J connectivity index is 2.06. The second-order valence-corrected chi connectivity index (χ2v) is 4.70. The van der Waals surface area contributed by atoms with Gasteiger partial charge in [-0.25, -0.2) is 4.39 Å². The summed E-state index contributed by atoms with van der Waals surface area (Å²) in [6, 6.07) is 7.43. The number of hydrogen-bond acceptors (Lipinski definition) is 3. The summed E-state index contributed by atoms with van der Waals surface area (Å²) < 4.78 is 12.8. The van der Waals surface area contributed by atoms with E-state index in [1.54, 1.807) is 6.92 Å². The van der Waals surface area contributed by atoms with E-state index in [1.165, 1.54) is 42.6 Å². The van der Waals surface area contributed by atoms with Gasteiger partial charge in [-0.15, -0.1) is 0 Å². The molecule has 0 aliphatic rings. The van der Waals surface area contributed by atoms with Gasteiger partial charge in [-0.3, -0.25) is 9.59 Å². The first-order valence-electron chi connectivity index (χ1n) is 6.40. The molecular weight excluding hydrogens is 275 g/mol. The number of pyridine rings is 1. The van der Waals surface area contributed by atoms with Crippen molar-refractivity contribution in [1.29, 1.82) is 0 Å². The summed E-state index contributed by atoms with van der Waals surface area (Å²) in [5.74, 6) is -0.860. The maximum atomic E-state index is 12.8. The molecule has 0 spiro atoms. The molecule has 1 aromatic heterocycles. The number of aliphatic hydroxyl groups is 1. The number of aromatic amines is 1. The first-order valence-corrected chi connectivity index (χ1v) is 6.40. The maximum absolute atomic E-state index is 12.8. The average Bonchev–Trinajstić information content (AvgIpc) is 2.47. The molecule has 1 amide bonds. The molecule has 0 bridgehead atoms. The smallest absolute Gasteiger partial charge is 0.251 e. The number of H-pyrrole nitrogens is 1. The molecule has 0 radical (unpaired) electrons. The predicted octanol–water partition coefficient (Wildman–Crippen LogP) is 1.37. The largest absolute Gasteiger partial charge is 0.386 e. The van der Waals surface area contributed by atoms with Crippen LogP contribution in [0.25, 0.3) is 0 Å². The summed E-state index contributed by atoms with van der Waals surface area (Å²) in [6.07, 6.45) is 0.398. The molecule has 0 aliphatic heterocycles. The number of halogens is 1. The first-order chi connectivity index (χ1) is 9.97. The number of carbonyl (C=O) groups excluding carboxylic acids is 1. The molecule has 2 atom stereocenters. The molecule has 0 fully saturated rings. The van der Waals surface area contributed by atoms with Crippen molar-refractivity contribution in [1.82, 2.24) is 10.3 Å². The van der Waals surface area contributed by atoms with Crippen LogP contribution in [0, 0.1) is 5.82 Å². The minimum Gasteiger partial charge on any atom is -0.386 e. The summed E-state index contributed by atoms with van der Waals surface area (Å²) in [6.45, 7) is 1.62. The zero-order valence-corrected chi connectivity index (χ0v) is 11.3. The van der Waals surface area contributed by atoms with E-state index in [9.17, 15) is 19.1 Å². The summed E-state index contributed by atoms with van der Waals surface area (Å²) in [5.41, 5.74) is 0.321. The minimum atomic E-state index is -0.975. The lowest BCUT2D eigenvalue weighted by molar-refractivity contribution is 0.0851. The SMILES string of the molecule is CC(NC(=O)c1cc[nH]c(=O)c1)C(O)c1ccc(F)cc1. The molecule has 2 unspecified atom stereocenters. The first kappa shape index (κ1) is 14.9. The number of benzene rings is 1. The second kappa shape index (κ2) is 6.32. The van der Waals surface area contributed by atoms with Crippen LogP contribution in [0.4, 0.5) is 4.39 Å². The molecule has 3 N–H and O–H groups in total. The van der Waals surface area contributed by atoms with Crippen LogP contribution in [0.1, 0.15) is 28.9 Å². The summed E-state index contributed by atoms with van der Waals surface area (Å²) in [5, 5.41) is 12.7. The Kier molecular flexibility index (Phi) is 4.49. The Morgan fingerprint density at radius 3 is 2.57 bits per heavy atom. The summed E-state index contributed by atoms with van der Waals surface area (Å²) >= 11 is 0. The van der Waals surface area contributed by atoms with E-state index in [2.05, 4.69) is 10.3 Å². The van der Waals surface area contributed by atoms with Crippen LogP contribution in [0.2, 0.25) is 0 Å². The second-order valence-electron chi connectivity index (χ2n) is 4.70. The van der Waals surface area contributed by atoms with E-state index in [0.29, 0.717) is 5.56 Å². The number of carbonyl (C=O) groups is 1. The molecule has 6 heteroatoms. The van der Waals surface area contributed by atoms with Crippen LogP contribution in [-0.2, 0) is 0 Å². The quantitative estimate of drug-likeness (QED) is 0.795. The van der Waals surface area contributed by atoms with E-state index in [4.69, 9.17) is 0 Å². The topological polar surface area (TPSA) is 82.2 Å². The molecule has 110 valence electrons. The van der Waals surface area contributed by atoms with Crippen molar-refractivity contribution in [2.45, 2.75) is 19.1 Å². The van der Waals surface area contributed by atoms with E-state index in [-0.39, 0.29) is 11.1 Å². The Labute approximate surface area is 120 Å². The lowest BCUT2D eigenvalue weighted by Crippen LogP contribution is -2.37. The van der Waals surface area contributed by atoms with Gasteiger partial charge in [-0.05, 0) is 30.7 Å². The van der Waals surface area contributed by atoms with Crippen molar-refractivity contribution in [3.8, 4) is 0 Å². The van der Waals surface area contributed by atoms with Crippen molar-refractivity contribution < 1.29 is 14.3 Å². The normalized spacial score (nSPS) is 13.5. The lowest BCUT2D eigenvalue weighted by Gasteiger charge is -2.20. The molecule has 1 heterocycles. The van der Waals surface area contributed by atoms with Crippen molar-refractivity contribution in [3.05, 3.63) is 69.9 Å². The van der Waals surface area contributed by atoms with Gasteiger partial charge >= 0.3 is 0 Å². The number of aromatic nitrogens is 1. The fourth-order valence-corrected chi connectivity index (χ4v) is 1.90. The van der Waals surface area contributed by atoms with Crippen LogP contribution in [-0.4, -0.2) is 22.0 Å². The highest BCUT2D eigenvalue weighted by Crippen LogP contribution is 2.17. The monoisotopic (exact) mass is 290 g/mol. The molecule has 2 rings (SSSR count). The van der Waals surface area contributed by atoms with Gasteiger partial charge in [0.2, 0.25) is 5.56 Å². The van der Waals surface area contributed by atoms with Gasteiger partial charge in [-0.1, -0.05) is 12.1 Å². The van der Waals surface area contributed by atoms with Crippen molar-refractivity contribution in [2.24, 2.45) is 0 Å². The maximum Gasteiger partial charge on any atom is 0.251 e. The fraction of sp³-hybridized carbons (Fsp3) is 0.200. The van der Waals surface area contributed by atoms with E-state index < -0.39 is 23.9 Å². The summed E-state index contributed by atoms with van der Waals surface area (Å²) in [4.78, 5) is 25.5. The van der Waals surface area contributed by atoms with Crippen LogP contribution in [0.3, 0.4) is 0 Å². The van der Waals surface area contributed by atoms with Gasteiger partial charge in [0.05, 0.1) is 12.1 Å². The van der Waals surface area contributed by atoms with Crippen LogP contribution >= 0.6 is 0 Å². The zero-order valence-electron chi connectivity index (χ0n) is 11.3. The van der Waals surface area contributed by atoms with Crippen molar-refractivity contribution >= 4 is 5.91 Å².